The van der Waals surface area contributed by atoms with Crippen LogP contribution in [0.5, 0.6) is 0 Å². The fourth-order valence-electron chi connectivity index (χ4n) is 1.51. The van der Waals surface area contributed by atoms with Gasteiger partial charge >= 0.3 is 5.97 Å². The van der Waals surface area contributed by atoms with E-state index in [0.29, 0.717) is 5.56 Å². The second-order valence-corrected chi connectivity index (χ2v) is 5.65. The smallest absolute Gasteiger partial charge is 0.336 e. The summed E-state index contributed by atoms with van der Waals surface area (Å²) in [7, 11) is 0. The maximum Gasteiger partial charge on any atom is 0.336 e. The lowest BCUT2D eigenvalue weighted by molar-refractivity contribution is 0.0693. The second kappa shape index (κ2) is 6.07. The van der Waals surface area contributed by atoms with E-state index >= 15 is 0 Å². The fraction of sp³-hybridized carbons (Fsp3) is 0.0714. The highest BCUT2D eigenvalue weighted by atomic mass is 79.9. The quantitative estimate of drug-likeness (QED) is 0.845. The number of thioether (sulfide) groups is 1. The van der Waals surface area contributed by atoms with E-state index in [1.807, 2.05) is 36.4 Å². The number of hydrogen-bond donors (Lipinski definition) is 1. The Bertz CT molecular complexity index is 552. The van der Waals surface area contributed by atoms with Gasteiger partial charge in [-0.05, 0) is 29.8 Å². The van der Waals surface area contributed by atoms with Crippen LogP contribution in [0.1, 0.15) is 15.9 Å². The lowest BCUT2D eigenvalue weighted by atomic mass is 10.2. The molecule has 92 valence electrons. The van der Waals surface area contributed by atoms with Gasteiger partial charge in [0, 0.05) is 15.1 Å². The zero-order valence-electron chi connectivity index (χ0n) is 9.47. The van der Waals surface area contributed by atoms with Gasteiger partial charge in [0.15, 0.2) is 0 Å². The van der Waals surface area contributed by atoms with Crippen LogP contribution in [-0.4, -0.2) is 11.1 Å². The van der Waals surface area contributed by atoms with Gasteiger partial charge in [-0.3, -0.25) is 0 Å². The van der Waals surface area contributed by atoms with Crippen molar-refractivity contribution in [3.63, 3.8) is 0 Å². The summed E-state index contributed by atoms with van der Waals surface area (Å²) in [5.74, 6) is -0.119. The third-order valence-corrected chi connectivity index (χ3v) is 4.10. The third-order valence-electron chi connectivity index (χ3n) is 2.43. The molecular formula is C14H11BrO2S. The second-order valence-electron chi connectivity index (χ2n) is 3.72. The molecule has 0 fully saturated rings. The molecule has 0 saturated carbocycles. The molecular weight excluding hydrogens is 312 g/mol. The van der Waals surface area contributed by atoms with Gasteiger partial charge in [0.1, 0.15) is 0 Å². The maximum atomic E-state index is 11.1. The van der Waals surface area contributed by atoms with Gasteiger partial charge < -0.3 is 5.11 Å². The Kier molecular flexibility index (Phi) is 4.44. The molecule has 2 aromatic carbocycles. The van der Waals surface area contributed by atoms with Crippen molar-refractivity contribution in [1.82, 2.24) is 0 Å². The van der Waals surface area contributed by atoms with Gasteiger partial charge in [0.25, 0.3) is 0 Å². The molecule has 0 unspecified atom stereocenters. The summed E-state index contributed by atoms with van der Waals surface area (Å²) in [6.45, 7) is 0. The molecule has 0 aliphatic heterocycles. The van der Waals surface area contributed by atoms with E-state index in [9.17, 15) is 4.79 Å². The van der Waals surface area contributed by atoms with Crippen molar-refractivity contribution in [2.45, 2.75) is 10.6 Å². The minimum absolute atomic E-state index is 0.361. The molecule has 0 aliphatic rings. The fourth-order valence-corrected chi connectivity index (χ4v) is 2.78. The SMILES string of the molecule is O=C(O)c1ccccc1SCc1ccc(Br)cc1. The highest BCUT2D eigenvalue weighted by Crippen LogP contribution is 2.26. The molecule has 0 spiro atoms. The Morgan fingerprint density at radius 3 is 2.44 bits per heavy atom. The minimum Gasteiger partial charge on any atom is -0.478 e. The molecule has 0 radical (unpaired) electrons. The average Bonchev–Trinajstić information content (AvgIpc) is 2.38. The van der Waals surface area contributed by atoms with Gasteiger partial charge in [0.05, 0.1) is 5.56 Å². The number of halogens is 1. The molecule has 2 nitrogen and oxygen atoms in total. The monoisotopic (exact) mass is 322 g/mol. The highest BCUT2D eigenvalue weighted by Gasteiger charge is 2.09. The predicted octanol–water partition coefficient (Wildman–Crippen LogP) is 4.44. The summed E-state index contributed by atoms with van der Waals surface area (Å²) in [5.41, 5.74) is 1.53. The molecule has 2 aromatic rings. The van der Waals surface area contributed by atoms with Crippen LogP contribution in [0.4, 0.5) is 0 Å². The lowest BCUT2D eigenvalue weighted by Crippen LogP contribution is -1.98. The van der Waals surface area contributed by atoms with Crippen molar-refractivity contribution in [3.8, 4) is 0 Å². The molecule has 4 heteroatoms. The van der Waals surface area contributed by atoms with Crippen LogP contribution >= 0.6 is 27.7 Å². The van der Waals surface area contributed by atoms with Crippen LogP contribution in [0.25, 0.3) is 0 Å². The topological polar surface area (TPSA) is 37.3 Å². The van der Waals surface area contributed by atoms with E-state index < -0.39 is 5.97 Å². The zero-order valence-corrected chi connectivity index (χ0v) is 11.9. The van der Waals surface area contributed by atoms with Crippen LogP contribution in [0.15, 0.2) is 57.9 Å². The Labute approximate surface area is 118 Å². The predicted molar refractivity (Wildman–Crippen MR) is 77.1 cm³/mol. The summed E-state index contributed by atoms with van der Waals surface area (Å²) in [6.07, 6.45) is 0. The molecule has 0 amide bonds. The zero-order chi connectivity index (χ0) is 13.0. The van der Waals surface area contributed by atoms with E-state index in [0.717, 1.165) is 15.1 Å². The number of carbonyl (C=O) groups is 1. The van der Waals surface area contributed by atoms with E-state index in [2.05, 4.69) is 15.9 Å². The van der Waals surface area contributed by atoms with Gasteiger partial charge in [-0.15, -0.1) is 11.8 Å². The molecule has 0 heterocycles. The summed E-state index contributed by atoms with van der Waals surface area (Å²) in [4.78, 5) is 11.9. The third kappa shape index (κ3) is 3.37. The molecule has 0 bridgehead atoms. The number of hydrogen-bond acceptors (Lipinski definition) is 2. The maximum absolute atomic E-state index is 11.1. The Balaban J connectivity index is 2.10. The van der Waals surface area contributed by atoms with Gasteiger partial charge in [-0.2, -0.15) is 0 Å². The molecule has 2 rings (SSSR count). The average molecular weight is 323 g/mol. The van der Waals surface area contributed by atoms with Crippen LogP contribution in [0.3, 0.4) is 0 Å². The van der Waals surface area contributed by atoms with Crippen LogP contribution < -0.4 is 0 Å². The standard InChI is InChI=1S/C14H11BrO2S/c15-11-7-5-10(6-8-11)9-18-13-4-2-1-3-12(13)14(16)17/h1-8H,9H2,(H,16,17). The van der Waals surface area contributed by atoms with Gasteiger partial charge in [0.2, 0.25) is 0 Å². The van der Waals surface area contributed by atoms with E-state index in [4.69, 9.17) is 5.11 Å². The van der Waals surface area contributed by atoms with Crippen molar-refractivity contribution in [2.24, 2.45) is 0 Å². The van der Waals surface area contributed by atoms with Crippen LogP contribution in [0.2, 0.25) is 0 Å². The lowest BCUT2D eigenvalue weighted by Gasteiger charge is -2.05. The summed E-state index contributed by atoms with van der Waals surface area (Å²) < 4.78 is 1.04. The Morgan fingerprint density at radius 2 is 1.78 bits per heavy atom. The van der Waals surface area contributed by atoms with Crippen LogP contribution in [-0.2, 0) is 5.75 Å². The van der Waals surface area contributed by atoms with E-state index in [1.165, 1.54) is 17.3 Å². The molecule has 0 atom stereocenters. The number of carboxylic acid groups (broad SMARTS) is 1. The number of aromatic carboxylic acids is 1. The Morgan fingerprint density at radius 1 is 1.11 bits per heavy atom. The first-order chi connectivity index (χ1) is 8.66. The number of carboxylic acids is 1. The molecule has 0 saturated heterocycles. The van der Waals surface area contributed by atoms with Crippen LogP contribution in [0, 0.1) is 0 Å². The first kappa shape index (κ1) is 13.2. The van der Waals surface area contributed by atoms with Gasteiger partial charge in [-0.25, -0.2) is 4.79 Å². The Hall–Kier alpha value is -1.26. The van der Waals surface area contributed by atoms with Crippen molar-refractivity contribution >= 4 is 33.7 Å². The van der Waals surface area contributed by atoms with E-state index in [-0.39, 0.29) is 0 Å². The van der Waals surface area contributed by atoms with Crippen molar-refractivity contribution < 1.29 is 9.90 Å². The highest BCUT2D eigenvalue weighted by molar-refractivity contribution is 9.10. The number of benzene rings is 2. The van der Waals surface area contributed by atoms with E-state index in [1.54, 1.807) is 12.1 Å². The summed E-state index contributed by atoms with van der Waals surface area (Å²) in [5, 5.41) is 9.08. The summed E-state index contributed by atoms with van der Waals surface area (Å²) >= 11 is 4.93. The molecule has 0 aliphatic carbocycles. The largest absolute Gasteiger partial charge is 0.478 e. The molecule has 1 N–H and O–H groups in total. The first-order valence-corrected chi connectivity index (χ1v) is 7.14. The van der Waals surface area contributed by atoms with Crippen molar-refractivity contribution in [3.05, 3.63) is 64.1 Å². The number of rotatable bonds is 4. The van der Waals surface area contributed by atoms with Crippen molar-refractivity contribution in [1.29, 1.82) is 0 Å². The molecule has 18 heavy (non-hydrogen) atoms. The molecule has 0 aromatic heterocycles. The van der Waals surface area contributed by atoms with Crippen molar-refractivity contribution in [2.75, 3.05) is 0 Å². The summed E-state index contributed by atoms with van der Waals surface area (Å²) in [6, 6.07) is 15.1. The minimum atomic E-state index is -0.881. The van der Waals surface area contributed by atoms with Gasteiger partial charge in [-0.1, -0.05) is 40.2 Å². The first-order valence-electron chi connectivity index (χ1n) is 5.36. The normalized spacial score (nSPS) is 10.3.